The molecule has 0 saturated heterocycles. The van der Waals surface area contributed by atoms with Crippen LogP contribution in [0.3, 0.4) is 0 Å². The van der Waals surface area contributed by atoms with Crippen LogP contribution in [0.2, 0.25) is 0 Å². The summed E-state index contributed by atoms with van der Waals surface area (Å²) in [5, 5.41) is 2.46. The zero-order chi connectivity index (χ0) is 13.0. The Bertz CT molecular complexity index is 724. The van der Waals surface area contributed by atoms with Crippen LogP contribution in [0.15, 0.2) is 42.2 Å². The lowest BCUT2D eigenvalue weighted by molar-refractivity contribution is 1.01. The summed E-state index contributed by atoms with van der Waals surface area (Å²) < 4.78 is 6.54. The first-order chi connectivity index (χ1) is 8.49. The number of nitrogens with zero attached hydrogens (tertiary/aromatic N) is 1. The van der Waals surface area contributed by atoms with Crippen molar-refractivity contribution in [1.29, 1.82) is 0 Å². The minimum atomic E-state index is 1.07. The van der Waals surface area contributed by atoms with Crippen molar-refractivity contribution in [2.24, 2.45) is 7.05 Å². The highest BCUT2D eigenvalue weighted by molar-refractivity contribution is 9.11. The molecular formula is C13H7Br4N. The summed E-state index contributed by atoms with van der Waals surface area (Å²) >= 11 is 14.4. The first-order valence-electron chi connectivity index (χ1n) is 5.21. The second-order valence-corrected chi connectivity index (χ2v) is 7.67. The van der Waals surface area contributed by atoms with Gasteiger partial charge in [-0.25, -0.2) is 0 Å². The van der Waals surface area contributed by atoms with E-state index in [1.54, 1.807) is 0 Å². The zero-order valence-electron chi connectivity index (χ0n) is 9.27. The van der Waals surface area contributed by atoms with Gasteiger partial charge >= 0.3 is 0 Å². The fourth-order valence-corrected chi connectivity index (χ4v) is 5.32. The average molecular weight is 497 g/mol. The van der Waals surface area contributed by atoms with Gasteiger partial charge in [0.25, 0.3) is 0 Å². The smallest absolute Gasteiger partial charge is 0.0634 e. The molecule has 1 nitrogen and oxygen atoms in total. The van der Waals surface area contributed by atoms with Crippen molar-refractivity contribution in [3.63, 3.8) is 0 Å². The summed E-state index contributed by atoms with van der Waals surface area (Å²) in [5.74, 6) is 0. The fourth-order valence-electron chi connectivity index (χ4n) is 2.34. The van der Waals surface area contributed by atoms with E-state index in [0.29, 0.717) is 0 Å². The van der Waals surface area contributed by atoms with Gasteiger partial charge in [0, 0.05) is 35.7 Å². The van der Waals surface area contributed by atoms with Crippen LogP contribution in [0.5, 0.6) is 0 Å². The Morgan fingerprint density at radius 3 is 1.50 bits per heavy atom. The fraction of sp³-hybridized carbons (Fsp3) is 0.0769. The van der Waals surface area contributed by atoms with Crippen LogP contribution in [-0.2, 0) is 7.05 Å². The summed E-state index contributed by atoms with van der Waals surface area (Å²) in [6.07, 6.45) is 0. The molecule has 0 spiro atoms. The van der Waals surface area contributed by atoms with Crippen molar-refractivity contribution < 1.29 is 0 Å². The molecule has 0 aliphatic heterocycles. The first kappa shape index (κ1) is 13.2. The number of hydrogen-bond donors (Lipinski definition) is 0. The summed E-state index contributed by atoms with van der Waals surface area (Å²) in [4.78, 5) is 0. The van der Waals surface area contributed by atoms with E-state index in [9.17, 15) is 0 Å². The van der Waals surface area contributed by atoms with Crippen LogP contribution in [0.4, 0.5) is 0 Å². The Morgan fingerprint density at radius 2 is 1.11 bits per heavy atom. The Morgan fingerprint density at radius 1 is 0.722 bits per heavy atom. The summed E-state index contributed by atoms with van der Waals surface area (Å²) in [5.41, 5.74) is 2.40. The van der Waals surface area contributed by atoms with E-state index in [1.807, 2.05) is 0 Å². The van der Waals surface area contributed by atoms with E-state index < -0.39 is 0 Å². The molecule has 3 aromatic rings. The van der Waals surface area contributed by atoms with Crippen molar-refractivity contribution in [1.82, 2.24) is 4.57 Å². The van der Waals surface area contributed by atoms with Crippen molar-refractivity contribution >= 4 is 85.5 Å². The number of aromatic nitrogens is 1. The van der Waals surface area contributed by atoms with E-state index >= 15 is 0 Å². The summed E-state index contributed by atoms with van der Waals surface area (Å²) in [6, 6.07) is 8.46. The predicted molar refractivity (Wildman–Crippen MR) is 91.2 cm³/mol. The highest BCUT2D eigenvalue weighted by Crippen LogP contribution is 2.39. The first-order valence-corrected chi connectivity index (χ1v) is 8.38. The highest BCUT2D eigenvalue weighted by atomic mass is 79.9. The maximum absolute atomic E-state index is 3.64. The summed E-state index contributed by atoms with van der Waals surface area (Å²) in [7, 11) is 2.09. The second kappa shape index (κ2) is 4.62. The van der Waals surface area contributed by atoms with E-state index in [1.165, 1.54) is 21.8 Å². The number of fused-ring (bicyclic) bond motifs is 3. The zero-order valence-corrected chi connectivity index (χ0v) is 15.6. The molecule has 0 radical (unpaired) electrons. The average Bonchev–Trinajstić information content (AvgIpc) is 2.52. The molecule has 0 aliphatic rings. The van der Waals surface area contributed by atoms with E-state index in [-0.39, 0.29) is 0 Å². The van der Waals surface area contributed by atoms with Gasteiger partial charge in [-0.2, -0.15) is 0 Å². The SMILES string of the molecule is Cn1c2c(Br)cc(Br)cc2c2cc(Br)cc(Br)c21. The van der Waals surface area contributed by atoms with Gasteiger partial charge in [0.15, 0.2) is 0 Å². The van der Waals surface area contributed by atoms with Gasteiger partial charge in [-0.1, -0.05) is 31.9 Å². The minimum absolute atomic E-state index is 1.07. The number of hydrogen-bond acceptors (Lipinski definition) is 0. The van der Waals surface area contributed by atoms with Crippen LogP contribution >= 0.6 is 63.7 Å². The van der Waals surface area contributed by atoms with Crippen molar-refractivity contribution in [3.8, 4) is 0 Å². The van der Waals surface area contributed by atoms with Gasteiger partial charge < -0.3 is 4.57 Å². The maximum atomic E-state index is 3.64. The number of aryl methyl sites for hydroxylation is 1. The molecule has 1 aromatic heterocycles. The lowest BCUT2D eigenvalue weighted by Gasteiger charge is -2.02. The lowest BCUT2D eigenvalue weighted by Crippen LogP contribution is -1.88. The monoisotopic (exact) mass is 493 g/mol. The molecule has 0 N–H and O–H groups in total. The van der Waals surface area contributed by atoms with Crippen LogP contribution in [0.25, 0.3) is 21.8 Å². The molecule has 3 rings (SSSR count). The third-order valence-corrected chi connectivity index (χ3v) is 5.14. The van der Waals surface area contributed by atoms with Crippen LogP contribution in [-0.4, -0.2) is 4.57 Å². The van der Waals surface area contributed by atoms with Crippen molar-refractivity contribution in [2.45, 2.75) is 0 Å². The molecule has 0 amide bonds. The number of benzene rings is 2. The molecule has 0 saturated carbocycles. The molecule has 0 fully saturated rings. The normalized spacial score (nSPS) is 11.6. The van der Waals surface area contributed by atoms with Gasteiger partial charge in [0.05, 0.1) is 11.0 Å². The number of halogens is 4. The Labute approximate surface area is 138 Å². The summed E-state index contributed by atoms with van der Waals surface area (Å²) in [6.45, 7) is 0. The third kappa shape index (κ3) is 1.90. The second-order valence-electron chi connectivity index (χ2n) is 4.13. The largest absolute Gasteiger partial charge is 0.342 e. The van der Waals surface area contributed by atoms with Gasteiger partial charge in [-0.3, -0.25) is 0 Å². The van der Waals surface area contributed by atoms with Crippen molar-refractivity contribution in [2.75, 3.05) is 0 Å². The molecular weight excluding hydrogens is 490 g/mol. The van der Waals surface area contributed by atoms with Gasteiger partial charge in [0.2, 0.25) is 0 Å². The van der Waals surface area contributed by atoms with Crippen LogP contribution in [0, 0.1) is 0 Å². The molecule has 0 bridgehead atoms. The van der Waals surface area contributed by atoms with E-state index in [0.717, 1.165) is 17.9 Å². The maximum Gasteiger partial charge on any atom is 0.0634 e. The standard InChI is InChI=1S/C13H7Br4N/c1-18-12-8(2-6(14)4-10(12)16)9-3-7(15)5-11(17)13(9)18/h2-5H,1H3. The Hall–Kier alpha value is 0.160. The van der Waals surface area contributed by atoms with E-state index in [2.05, 4.69) is 99.6 Å². The lowest BCUT2D eigenvalue weighted by atomic mass is 10.1. The molecule has 0 unspecified atom stereocenters. The quantitative estimate of drug-likeness (QED) is 0.340. The predicted octanol–water partition coefficient (Wildman–Crippen LogP) is 6.38. The van der Waals surface area contributed by atoms with Gasteiger partial charge in [0.1, 0.15) is 0 Å². The van der Waals surface area contributed by atoms with E-state index in [4.69, 9.17) is 0 Å². The third-order valence-electron chi connectivity index (χ3n) is 3.02. The molecule has 92 valence electrons. The topological polar surface area (TPSA) is 4.93 Å². The molecule has 5 heteroatoms. The number of rotatable bonds is 0. The molecule has 0 atom stereocenters. The Kier molecular flexibility index (Phi) is 3.37. The molecule has 1 heterocycles. The van der Waals surface area contributed by atoms with Gasteiger partial charge in [-0.15, -0.1) is 0 Å². The molecule has 18 heavy (non-hydrogen) atoms. The highest BCUT2D eigenvalue weighted by Gasteiger charge is 2.14. The van der Waals surface area contributed by atoms with Crippen molar-refractivity contribution in [3.05, 3.63) is 42.2 Å². The molecule has 2 aromatic carbocycles. The molecule has 0 aliphatic carbocycles. The van der Waals surface area contributed by atoms with Crippen LogP contribution in [0.1, 0.15) is 0 Å². The van der Waals surface area contributed by atoms with Crippen LogP contribution < -0.4 is 0 Å². The Balaban J connectivity index is 2.67. The van der Waals surface area contributed by atoms with Gasteiger partial charge in [-0.05, 0) is 56.1 Å². The minimum Gasteiger partial charge on any atom is -0.342 e.